The Labute approximate surface area is 151 Å². The molecule has 3 aromatic carbocycles. The van der Waals surface area contributed by atoms with Gasteiger partial charge in [-0.2, -0.15) is 4.98 Å². The number of hydrogen-bond acceptors (Lipinski definition) is 5. The quantitative estimate of drug-likeness (QED) is 0.578. The lowest BCUT2D eigenvalue weighted by Gasteiger charge is -2.20. The second-order valence-electron chi connectivity index (χ2n) is 5.92. The lowest BCUT2D eigenvalue weighted by Crippen LogP contribution is -2.14. The average Bonchev–Trinajstić information content (AvgIpc) is 2.70. The van der Waals surface area contributed by atoms with E-state index in [1.165, 1.54) is 6.33 Å². The molecule has 26 heavy (non-hydrogen) atoms. The molecule has 0 bridgehead atoms. The maximum absolute atomic E-state index is 6.29. The van der Waals surface area contributed by atoms with Gasteiger partial charge in [0.15, 0.2) is 5.82 Å². The Morgan fingerprint density at radius 1 is 0.846 bits per heavy atom. The molecule has 128 valence electrons. The molecule has 0 unspecified atom stereocenters. The molecule has 1 aromatic heterocycles. The van der Waals surface area contributed by atoms with Crippen molar-refractivity contribution in [1.82, 2.24) is 9.97 Å². The third-order valence-electron chi connectivity index (χ3n) is 4.22. The molecule has 1 heterocycles. The fraction of sp³-hybridized carbons (Fsp3) is 0.0476. The first-order valence-corrected chi connectivity index (χ1v) is 8.28. The van der Waals surface area contributed by atoms with Crippen molar-refractivity contribution in [3.63, 3.8) is 0 Å². The largest absolute Gasteiger partial charge is 0.437 e. The molecule has 2 N–H and O–H groups in total. The van der Waals surface area contributed by atoms with Gasteiger partial charge in [-0.1, -0.05) is 48.5 Å². The summed E-state index contributed by atoms with van der Waals surface area (Å²) < 4.78 is 5.94. The first-order valence-electron chi connectivity index (χ1n) is 8.28. The van der Waals surface area contributed by atoms with Crippen LogP contribution in [0.25, 0.3) is 10.8 Å². The molecule has 0 atom stereocenters. The van der Waals surface area contributed by atoms with Crippen molar-refractivity contribution in [2.45, 2.75) is 0 Å². The summed E-state index contributed by atoms with van der Waals surface area (Å²) in [5, 5.41) is 2.25. The predicted molar refractivity (Wildman–Crippen MR) is 105 cm³/mol. The van der Waals surface area contributed by atoms with Gasteiger partial charge in [0.05, 0.1) is 0 Å². The Bertz CT molecular complexity index is 1050. The highest BCUT2D eigenvalue weighted by molar-refractivity contribution is 5.84. The van der Waals surface area contributed by atoms with E-state index in [1.807, 2.05) is 78.7 Å². The third kappa shape index (κ3) is 3.02. The summed E-state index contributed by atoms with van der Waals surface area (Å²) in [5.74, 6) is 1.62. The molecule has 0 fully saturated rings. The molecule has 5 heteroatoms. The van der Waals surface area contributed by atoms with Gasteiger partial charge in [-0.3, -0.25) is 0 Å². The van der Waals surface area contributed by atoms with Crippen LogP contribution in [0.2, 0.25) is 0 Å². The van der Waals surface area contributed by atoms with E-state index < -0.39 is 0 Å². The van der Waals surface area contributed by atoms with Crippen LogP contribution >= 0.6 is 0 Å². The van der Waals surface area contributed by atoms with Crippen LogP contribution in [-0.2, 0) is 0 Å². The third-order valence-corrected chi connectivity index (χ3v) is 4.22. The lowest BCUT2D eigenvalue weighted by molar-refractivity contribution is 0.465. The number of ether oxygens (including phenoxy) is 1. The molecular formula is C21H18N4O. The van der Waals surface area contributed by atoms with Crippen LogP contribution in [0, 0.1) is 0 Å². The maximum atomic E-state index is 6.29. The van der Waals surface area contributed by atoms with Crippen LogP contribution in [0.4, 0.5) is 17.2 Å². The molecule has 4 rings (SSSR count). The van der Waals surface area contributed by atoms with E-state index in [1.54, 1.807) is 0 Å². The van der Waals surface area contributed by atoms with Gasteiger partial charge >= 0.3 is 0 Å². The lowest BCUT2D eigenvalue weighted by atomic mass is 10.1. The zero-order chi connectivity index (χ0) is 17.9. The van der Waals surface area contributed by atoms with Crippen molar-refractivity contribution in [3.8, 4) is 11.6 Å². The minimum atomic E-state index is 0.341. The maximum Gasteiger partial charge on any atom is 0.248 e. The molecule has 5 nitrogen and oxygen atoms in total. The number of nitrogens with zero attached hydrogens (tertiary/aromatic N) is 3. The van der Waals surface area contributed by atoms with Crippen molar-refractivity contribution in [1.29, 1.82) is 0 Å². The highest BCUT2D eigenvalue weighted by Gasteiger charge is 2.15. The molecule has 0 aliphatic heterocycles. The molecular weight excluding hydrogens is 324 g/mol. The van der Waals surface area contributed by atoms with Crippen LogP contribution in [-0.4, -0.2) is 17.0 Å². The molecule has 4 aromatic rings. The zero-order valence-electron chi connectivity index (χ0n) is 14.3. The second-order valence-corrected chi connectivity index (χ2v) is 5.92. The topological polar surface area (TPSA) is 64.3 Å². The summed E-state index contributed by atoms with van der Waals surface area (Å²) in [5.41, 5.74) is 7.67. The average molecular weight is 342 g/mol. The van der Waals surface area contributed by atoms with E-state index in [2.05, 4.69) is 16.0 Å². The Hall–Kier alpha value is -3.60. The summed E-state index contributed by atoms with van der Waals surface area (Å²) in [7, 11) is 1.91. The van der Waals surface area contributed by atoms with Gasteiger partial charge in [0.2, 0.25) is 5.88 Å². The summed E-state index contributed by atoms with van der Waals surface area (Å²) in [6.45, 7) is 0. The minimum Gasteiger partial charge on any atom is -0.437 e. The summed E-state index contributed by atoms with van der Waals surface area (Å²) >= 11 is 0. The van der Waals surface area contributed by atoms with Gasteiger partial charge < -0.3 is 15.4 Å². The number of aromatic nitrogens is 2. The van der Waals surface area contributed by atoms with Gasteiger partial charge in [0, 0.05) is 12.7 Å². The Kier molecular flexibility index (Phi) is 4.11. The Morgan fingerprint density at radius 3 is 2.38 bits per heavy atom. The van der Waals surface area contributed by atoms with Crippen molar-refractivity contribution in [2.24, 2.45) is 0 Å². The fourth-order valence-electron chi connectivity index (χ4n) is 2.84. The summed E-state index contributed by atoms with van der Waals surface area (Å²) in [6, 6.07) is 23.9. The first-order chi connectivity index (χ1) is 12.7. The summed E-state index contributed by atoms with van der Waals surface area (Å²) in [4.78, 5) is 10.4. The second kappa shape index (κ2) is 6.72. The Morgan fingerprint density at radius 2 is 1.58 bits per heavy atom. The molecule has 0 aliphatic carbocycles. The normalized spacial score (nSPS) is 10.7. The van der Waals surface area contributed by atoms with Crippen molar-refractivity contribution in [3.05, 3.63) is 79.1 Å². The highest BCUT2D eigenvalue weighted by atomic mass is 16.5. The smallest absolute Gasteiger partial charge is 0.248 e. The van der Waals surface area contributed by atoms with E-state index in [9.17, 15) is 0 Å². The number of rotatable bonds is 4. The van der Waals surface area contributed by atoms with E-state index in [-0.39, 0.29) is 0 Å². The number of benzene rings is 3. The zero-order valence-corrected chi connectivity index (χ0v) is 14.3. The number of fused-ring (bicyclic) bond motifs is 1. The minimum absolute atomic E-state index is 0.341. The van der Waals surface area contributed by atoms with Crippen LogP contribution < -0.4 is 15.4 Å². The van der Waals surface area contributed by atoms with E-state index >= 15 is 0 Å². The predicted octanol–water partition coefficient (Wildman–Crippen LogP) is 4.77. The monoisotopic (exact) mass is 342 g/mol. The van der Waals surface area contributed by atoms with Crippen molar-refractivity contribution >= 4 is 28.0 Å². The van der Waals surface area contributed by atoms with Gasteiger partial charge in [0.25, 0.3) is 0 Å². The number of anilines is 3. The Balaban J connectivity index is 1.66. The van der Waals surface area contributed by atoms with Crippen LogP contribution in [0.3, 0.4) is 0 Å². The van der Waals surface area contributed by atoms with Gasteiger partial charge in [-0.05, 0) is 35.0 Å². The molecule has 0 aliphatic rings. The highest BCUT2D eigenvalue weighted by Crippen LogP contribution is 2.34. The molecule has 0 amide bonds. The van der Waals surface area contributed by atoms with Crippen LogP contribution in [0.1, 0.15) is 0 Å². The van der Waals surface area contributed by atoms with Crippen LogP contribution in [0.5, 0.6) is 11.6 Å². The van der Waals surface area contributed by atoms with Gasteiger partial charge in [-0.25, -0.2) is 4.98 Å². The van der Waals surface area contributed by atoms with Crippen molar-refractivity contribution < 1.29 is 4.74 Å². The SMILES string of the molecule is CN(c1ccccc1)c1ncnc(Oc2ccc3ccccc3c2)c1N. The number of nitrogen functional groups attached to an aromatic ring is 1. The van der Waals surface area contributed by atoms with E-state index in [4.69, 9.17) is 10.5 Å². The number of hydrogen-bond donors (Lipinski definition) is 1. The molecule has 0 radical (unpaired) electrons. The first kappa shape index (κ1) is 15.9. The number of nitrogens with two attached hydrogens (primary N) is 1. The molecule has 0 saturated heterocycles. The number of para-hydroxylation sites is 1. The van der Waals surface area contributed by atoms with Crippen LogP contribution in [0.15, 0.2) is 79.1 Å². The van der Waals surface area contributed by atoms with Gasteiger partial charge in [-0.15, -0.1) is 0 Å². The fourth-order valence-corrected chi connectivity index (χ4v) is 2.84. The molecule has 0 saturated carbocycles. The van der Waals surface area contributed by atoms with Crippen molar-refractivity contribution in [2.75, 3.05) is 17.7 Å². The molecule has 0 spiro atoms. The van der Waals surface area contributed by atoms with Gasteiger partial charge in [0.1, 0.15) is 17.8 Å². The van der Waals surface area contributed by atoms with E-state index in [0.717, 1.165) is 16.5 Å². The standard InChI is InChI=1S/C21H18N4O/c1-25(17-9-3-2-4-10-17)20-19(22)21(24-14-23-20)26-18-12-11-15-7-5-6-8-16(15)13-18/h2-14H,22H2,1H3. The summed E-state index contributed by atoms with van der Waals surface area (Å²) in [6.07, 6.45) is 1.46. The van der Waals surface area contributed by atoms with E-state index in [0.29, 0.717) is 23.1 Å².